The first-order valence-electron chi connectivity index (χ1n) is 10.8. The molecular formula is C22H43NOSi. The first-order chi connectivity index (χ1) is 12.3. The van der Waals surface area contributed by atoms with E-state index < -0.39 is 0 Å². The van der Waals surface area contributed by atoms with Crippen LogP contribution in [0.1, 0.15) is 84.0 Å². The summed E-state index contributed by atoms with van der Waals surface area (Å²) in [6.45, 7) is 7.61. The molecule has 0 saturated heterocycles. The third-order valence-electron chi connectivity index (χ3n) is 4.06. The molecule has 1 rings (SSSR count). The number of benzene rings is 1. The van der Waals surface area contributed by atoms with Crippen molar-refractivity contribution in [2.24, 2.45) is 0 Å². The molecule has 0 aliphatic rings. The van der Waals surface area contributed by atoms with Crippen molar-refractivity contribution in [3.8, 4) is 0 Å². The standard InChI is InChI=1S/C20H35NO.C2H8Si/c1-2-3-4-5-6-7-8-9-10-11-12-16-19-22-21-20-17-14-13-15-18-20;1-3-2/h13-15,17-18,21H,2-12,16,19H2,1H3;3H2,1-2H3. The summed E-state index contributed by atoms with van der Waals surface area (Å²) >= 11 is 0. The predicted octanol–water partition coefficient (Wildman–Crippen LogP) is 6.98. The van der Waals surface area contributed by atoms with Gasteiger partial charge in [0, 0.05) is 9.52 Å². The van der Waals surface area contributed by atoms with E-state index >= 15 is 0 Å². The van der Waals surface area contributed by atoms with E-state index in [0.29, 0.717) is 9.52 Å². The maximum atomic E-state index is 5.46. The van der Waals surface area contributed by atoms with Crippen LogP contribution in [0.15, 0.2) is 30.3 Å². The monoisotopic (exact) mass is 365 g/mol. The highest BCUT2D eigenvalue weighted by molar-refractivity contribution is 6.31. The number of nitrogens with one attached hydrogen (secondary N) is 1. The second-order valence-corrected chi connectivity index (χ2v) is 8.33. The van der Waals surface area contributed by atoms with Gasteiger partial charge >= 0.3 is 0 Å². The van der Waals surface area contributed by atoms with Gasteiger partial charge in [-0.25, -0.2) is 0 Å². The van der Waals surface area contributed by atoms with Gasteiger partial charge in [-0.1, -0.05) is 109 Å². The highest BCUT2D eigenvalue weighted by atomic mass is 28.2. The van der Waals surface area contributed by atoms with E-state index in [-0.39, 0.29) is 0 Å². The Morgan fingerprint density at radius 1 is 0.720 bits per heavy atom. The second-order valence-electron chi connectivity index (χ2n) is 6.91. The fourth-order valence-electron chi connectivity index (χ4n) is 2.66. The van der Waals surface area contributed by atoms with E-state index in [2.05, 4.69) is 25.5 Å². The minimum Gasteiger partial charge on any atom is -0.276 e. The molecule has 0 heterocycles. The molecule has 2 nitrogen and oxygen atoms in total. The largest absolute Gasteiger partial charge is 0.276 e. The van der Waals surface area contributed by atoms with Gasteiger partial charge in [-0.15, -0.1) is 0 Å². The molecule has 0 aliphatic heterocycles. The Bertz CT molecular complexity index is 345. The molecule has 0 aromatic heterocycles. The van der Waals surface area contributed by atoms with Gasteiger partial charge in [0.15, 0.2) is 0 Å². The number of para-hydroxylation sites is 1. The van der Waals surface area contributed by atoms with Gasteiger partial charge in [0.05, 0.1) is 12.3 Å². The lowest BCUT2D eigenvalue weighted by molar-refractivity contribution is 0.187. The molecule has 1 aromatic rings. The lowest BCUT2D eigenvalue weighted by Crippen LogP contribution is -2.02. The molecule has 1 aromatic carbocycles. The van der Waals surface area contributed by atoms with Gasteiger partial charge in [-0.3, -0.25) is 10.3 Å². The van der Waals surface area contributed by atoms with Crippen LogP contribution in [0.5, 0.6) is 0 Å². The smallest absolute Gasteiger partial charge is 0.0746 e. The van der Waals surface area contributed by atoms with Gasteiger partial charge in [0.2, 0.25) is 0 Å². The van der Waals surface area contributed by atoms with Crippen molar-refractivity contribution in [2.45, 2.75) is 97.1 Å². The minimum absolute atomic E-state index is 0.417. The van der Waals surface area contributed by atoms with Crippen LogP contribution in [0.25, 0.3) is 0 Å². The van der Waals surface area contributed by atoms with Gasteiger partial charge in [0.25, 0.3) is 0 Å². The zero-order valence-corrected chi connectivity index (χ0v) is 18.6. The Morgan fingerprint density at radius 3 is 1.64 bits per heavy atom. The maximum absolute atomic E-state index is 5.46. The van der Waals surface area contributed by atoms with E-state index in [4.69, 9.17) is 4.84 Å². The first-order valence-corrected chi connectivity index (χ1v) is 13.6. The Labute approximate surface area is 159 Å². The van der Waals surface area contributed by atoms with Gasteiger partial charge in [-0.05, 0) is 18.6 Å². The molecule has 0 atom stereocenters. The van der Waals surface area contributed by atoms with E-state index in [1.807, 2.05) is 30.3 Å². The quantitative estimate of drug-likeness (QED) is 0.205. The summed E-state index contributed by atoms with van der Waals surface area (Å²) in [6, 6.07) is 10.1. The molecule has 0 fully saturated rings. The zero-order chi connectivity index (χ0) is 18.4. The lowest BCUT2D eigenvalue weighted by Gasteiger charge is -2.06. The third-order valence-corrected chi connectivity index (χ3v) is 4.06. The number of anilines is 1. The zero-order valence-electron chi connectivity index (χ0n) is 17.2. The van der Waals surface area contributed by atoms with Crippen LogP contribution < -0.4 is 5.48 Å². The summed E-state index contributed by atoms with van der Waals surface area (Å²) in [7, 11) is 0.417. The van der Waals surface area contributed by atoms with E-state index in [0.717, 1.165) is 18.7 Å². The number of unbranched alkanes of at least 4 members (excludes halogenated alkanes) is 11. The summed E-state index contributed by atoms with van der Waals surface area (Å²) in [5, 5.41) is 0. The van der Waals surface area contributed by atoms with Crippen LogP contribution in [-0.4, -0.2) is 16.1 Å². The molecule has 1 N–H and O–H groups in total. The van der Waals surface area contributed by atoms with Crippen molar-refractivity contribution in [3.63, 3.8) is 0 Å². The van der Waals surface area contributed by atoms with Crippen LogP contribution in [0.4, 0.5) is 5.69 Å². The van der Waals surface area contributed by atoms with Crippen molar-refractivity contribution < 1.29 is 4.84 Å². The molecule has 0 amide bonds. The molecule has 3 heteroatoms. The SMILES string of the molecule is CCCCCCCCCCCCCCONc1ccccc1.C[SiH2]C. The second kappa shape index (κ2) is 21.2. The van der Waals surface area contributed by atoms with Gasteiger partial charge in [-0.2, -0.15) is 0 Å². The Hall–Kier alpha value is -0.803. The van der Waals surface area contributed by atoms with Crippen molar-refractivity contribution >= 4 is 15.2 Å². The normalized spacial score (nSPS) is 10.2. The number of rotatable bonds is 15. The molecule has 0 saturated carbocycles. The minimum atomic E-state index is 0.417. The van der Waals surface area contributed by atoms with Crippen molar-refractivity contribution in [1.82, 2.24) is 0 Å². The Morgan fingerprint density at radius 2 is 1.16 bits per heavy atom. The van der Waals surface area contributed by atoms with Crippen molar-refractivity contribution in [2.75, 3.05) is 12.1 Å². The molecule has 25 heavy (non-hydrogen) atoms. The van der Waals surface area contributed by atoms with Crippen LogP contribution in [-0.2, 0) is 4.84 Å². The van der Waals surface area contributed by atoms with E-state index in [1.165, 1.54) is 70.6 Å². The summed E-state index contributed by atoms with van der Waals surface area (Å²) < 4.78 is 0. The number of hydrogen-bond acceptors (Lipinski definition) is 2. The molecule has 0 aliphatic carbocycles. The highest BCUT2D eigenvalue weighted by Crippen LogP contribution is 2.12. The maximum Gasteiger partial charge on any atom is 0.0746 e. The summed E-state index contributed by atoms with van der Waals surface area (Å²) in [6.07, 6.45) is 16.6. The fraction of sp³-hybridized carbons (Fsp3) is 0.727. The average molecular weight is 366 g/mol. The summed E-state index contributed by atoms with van der Waals surface area (Å²) in [5.74, 6) is 0. The summed E-state index contributed by atoms with van der Waals surface area (Å²) in [4.78, 5) is 5.46. The van der Waals surface area contributed by atoms with Gasteiger partial charge in [0.1, 0.15) is 0 Å². The van der Waals surface area contributed by atoms with Crippen LogP contribution in [0.3, 0.4) is 0 Å². The lowest BCUT2D eigenvalue weighted by atomic mass is 10.1. The van der Waals surface area contributed by atoms with Crippen molar-refractivity contribution in [1.29, 1.82) is 0 Å². The Kier molecular flexibility index (Phi) is 20.6. The summed E-state index contributed by atoms with van der Waals surface area (Å²) in [5.41, 5.74) is 4.01. The molecule has 0 spiro atoms. The number of hydrogen-bond donors (Lipinski definition) is 1. The molecular weight excluding hydrogens is 322 g/mol. The third kappa shape index (κ3) is 19.4. The van der Waals surface area contributed by atoms with Gasteiger partial charge < -0.3 is 0 Å². The molecule has 0 bridgehead atoms. The molecule has 0 unspecified atom stereocenters. The molecule has 146 valence electrons. The Balaban J connectivity index is 0.00000178. The topological polar surface area (TPSA) is 21.3 Å². The average Bonchev–Trinajstić information content (AvgIpc) is 2.63. The van der Waals surface area contributed by atoms with Crippen LogP contribution in [0.2, 0.25) is 13.1 Å². The van der Waals surface area contributed by atoms with Crippen LogP contribution >= 0.6 is 0 Å². The fourth-order valence-corrected chi connectivity index (χ4v) is 2.66. The highest BCUT2D eigenvalue weighted by Gasteiger charge is 1.94. The van der Waals surface area contributed by atoms with Crippen LogP contribution in [0, 0.1) is 0 Å². The predicted molar refractivity (Wildman–Crippen MR) is 117 cm³/mol. The molecule has 0 radical (unpaired) electrons. The van der Waals surface area contributed by atoms with E-state index in [9.17, 15) is 0 Å². The van der Waals surface area contributed by atoms with E-state index in [1.54, 1.807) is 0 Å². The first kappa shape index (κ1) is 24.2. The van der Waals surface area contributed by atoms with Crippen molar-refractivity contribution in [3.05, 3.63) is 30.3 Å².